The van der Waals surface area contributed by atoms with E-state index in [0.717, 1.165) is 39.7 Å². The Bertz CT molecular complexity index is 568. The Morgan fingerprint density at radius 1 is 1.41 bits per heavy atom. The Kier molecular flexibility index (Phi) is 3.89. The molecule has 1 aromatic carbocycles. The summed E-state index contributed by atoms with van der Waals surface area (Å²) in [5.74, 6) is 0.734. The minimum atomic E-state index is 0.734. The van der Waals surface area contributed by atoms with E-state index in [1.165, 1.54) is 6.42 Å². The summed E-state index contributed by atoms with van der Waals surface area (Å²) in [5, 5.41) is 0.754. The molecule has 0 amide bonds. The quantitative estimate of drug-likeness (QED) is 0.791. The predicted molar refractivity (Wildman–Crippen MR) is 76.2 cm³/mol. The number of H-pyrrole nitrogens is 1. The molecule has 1 heterocycles. The number of rotatable bonds is 4. The summed E-state index contributed by atoms with van der Waals surface area (Å²) in [6.07, 6.45) is 2.36. The summed E-state index contributed by atoms with van der Waals surface area (Å²) in [4.78, 5) is 3.21. The van der Waals surface area contributed by atoms with Crippen molar-refractivity contribution in [2.75, 3.05) is 0 Å². The van der Waals surface area contributed by atoms with Gasteiger partial charge >= 0.3 is 0 Å². The number of nitrogens with zero attached hydrogens (tertiary/aromatic N) is 1. The van der Waals surface area contributed by atoms with Gasteiger partial charge in [-0.1, -0.05) is 25.4 Å². The van der Waals surface area contributed by atoms with Crippen molar-refractivity contribution in [2.24, 2.45) is 5.92 Å². The smallest absolute Gasteiger partial charge is 0.178 e. The van der Waals surface area contributed by atoms with Crippen LogP contribution in [-0.4, -0.2) is 9.55 Å². The van der Waals surface area contributed by atoms with Crippen LogP contribution in [0, 0.1) is 10.7 Å². The van der Waals surface area contributed by atoms with Crippen molar-refractivity contribution in [1.82, 2.24) is 9.55 Å². The van der Waals surface area contributed by atoms with E-state index >= 15 is 0 Å². The van der Waals surface area contributed by atoms with Gasteiger partial charge in [-0.05, 0) is 49.2 Å². The van der Waals surface area contributed by atoms with Crippen molar-refractivity contribution >= 4 is 34.9 Å². The highest BCUT2D eigenvalue weighted by atomic mass is 35.5. The zero-order chi connectivity index (χ0) is 12.4. The highest BCUT2D eigenvalue weighted by molar-refractivity contribution is 7.71. The Labute approximate surface area is 112 Å². The fourth-order valence-corrected chi connectivity index (χ4v) is 2.47. The molecule has 0 spiro atoms. The average molecular weight is 269 g/mol. The first kappa shape index (κ1) is 12.7. The van der Waals surface area contributed by atoms with Crippen molar-refractivity contribution in [3.63, 3.8) is 0 Å². The van der Waals surface area contributed by atoms with Gasteiger partial charge in [0.2, 0.25) is 0 Å². The third-order valence-electron chi connectivity index (χ3n) is 2.90. The lowest BCUT2D eigenvalue weighted by Gasteiger charge is -2.06. The molecule has 1 aromatic heterocycles. The maximum absolute atomic E-state index is 6.02. The number of fused-ring (bicyclic) bond motifs is 1. The Balaban J connectivity index is 2.29. The van der Waals surface area contributed by atoms with Crippen molar-refractivity contribution < 1.29 is 0 Å². The maximum Gasteiger partial charge on any atom is 0.178 e. The molecule has 0 fully saturated rings. The van der Waals surface area contributed by atoms with Crippen molar-refractivity contribution in [3.8, 4) is 0 Å². The lowest BCUT2D eigenvalue weighted by molar-refractivity contribution is 0.515. The number of hydrogen-bond acceptors (Lipinski definition) is 1. The summed E-state index contributed by atoms with van der Waals surface area (Å²) < 4.78 is 2.92. The molecule has 2 aromatic rings. The number of nitrogens with one attached hydrogen (secondary N) is 1. The summed E-state index contributed by atoms with van der Waals surface area (Å²) >= 11 is 11.4. The number of aromatic amines is 1. The van der Waals surface area contributed by atoms with Crippen LogP contribution in [0.25, 0.3) is 11.0 Å². The first-order chi connectivity index (χ1) is 8.08. The van der Waals surface area contributed by atoms with E-state index < -0.39 is 0 Å². The molecule has 92 valence electrons. The summed E-state index contributed by atoms with van der Waals surface area (Å²) in [7, 11) is 0. The van der Waals surface area contributed by atoms with Crippen molar-refractivity contribution in [3.05, 3.63) is 28.0 Å². The zero-order valence-electron chi connectivity index (χ0n) is 10.2. The highest BCUT2D eigenvalue weighted by Gasteiger charge is 2.05. The summed E-state index contributed by atoms with van der Waals surface area (Å²) in [5.41, 5.74) is 2.16. The standard InChI is InChI=1S/C13H17ClN2S/c1-9(2)4-3-7-16-12-8-10(14)5-6-11(12)15-13(16)17/h5-6,8-9H,3-4,7H2,1-2H3,(H,15,17). The van der Waals surface area contributed by atoms with Crippen LogP contribution >= 0.6 is 23.8 Å². The van der Waals surface area contributed by atoms with Gasteiger partial charge in [0.05, 0.1) is 11.0 Å². The number of imidazole rings is 1. The van der Waals surface area contributed by atoms with Crippen LogP contribution in [0.15, 0.2) is 18.2 Å². The van der Waals surface area contributed by atoms with Crippen LogP contribution in [0.4, 0.5) is 0 Å². The van der Waals surface area contributed by atoms with Gasteiger partial charge in [-0.15, -0.1) is 0 Å². The van der Waals surface area contributed by atoms with Gasteiger partial charge in [0, 0.05) is 11.6 Å². The summed E-state index contributed by atoms with van der Waals surface area (Å²) in [6, 6.07) is 5.83. The van der Waals surface area contributed by atoms with Gasteiger partial charge in [-0.2, -0.15) is 0 Å². The molecule has 0 aliphatic carbocycles. The molecule has 0 aliphatic rings. The molecule has 1 N–H and O–H groups in total. The molecule has 0 saturated carbocycles. The predicted octanol–water partition coefficient (Wildman–Crippen LogP) is 4.79. The van der Waals surface area contributed by atoms with Gasteiger partial charge in [0.15, 0.2) is 4.77 Å². The van der Waals surface area contributed by atoms with Crippen LogP contribution in [0.1, 0.15) is 26.7 Å². The second-order valence-corrected chi connectivity index (χ2v) is 5.60. The molecule has 0 atom stereocenters. The fraction of sp³-hybridized carbons (Fsp3) is 0.462. The van der Waals surface area contributed by atoms with Gasteiger partial charge < -0.3 is 9.55 Å². The lowest BCUT2D eigenvalue weighted by atomic mass is 10.1. The third-order valence-corrected chi connectivity index (χ3v) is 3.46. The minimum Gasteiger partial charge on any atom is -0.331 e. The number of aryl methyl sites for hydroxylation is 1. The molecular weight excluding hydrogens is 252 g/mol. The molecule has 0 radical (unpaired) electrons. The first-order valence-corrected chi connectivity index (χ1v) is 6.74. The fourth-order valence-electron chi connectivity index (χ4n) is 2.01. The second kappa shape index (κ2) is 5.23. The number of benzene rings is 1. The van der Waals surface area contributed by atoms with Crippen LogP contribution in [-0.2, 0) is 6.54 Å². The van der Waals surface area contributed by atoms with Crippen LogP contribution < -0.4 is 0 Å². The minimum absolute atomic E-state index is 0.734. The molecule has 2 rings (SSSR count). The number of aromatic nitrogens is 2. The zero-order valence-corrected chi connectivity index (χ0v) is 11.7. The van der Waals surface area contributed by atoms with E-state index in [1.807, 2.05) is 18.2 Å². The van der Waals surface area contributed by atoms with Crippen molar-refractivity contribution in [2.45, 2.75) is 33.2 Å². The summed E-state index contributed by atoms with van der Waals surface area (Å²) in [6.45, 7) is 5.44. The van der Waals surface area contributed by atoms with Crippen LogP contribution in [0.3, 0.4) is 0 Å². The molecule has 2 nitrogen and oxygen atoms in total. The molecule has 0 bridgehead atoms. The van der Waals surface area contributed by atoms with E-state index in [1.54, 1.807) is 0 Å². The lowest BCUT2D eigenvalue weighted by Crippen LogP contribution is -1.99. The van der Waals surface area contributed by atoms with Gasteiger partial charge in [0.1, 0.15) is 0 Å². The molecule has 0 aliphatic heterocycles. The second-order valence-electron chi connectivity index (χ2n) is 4.78. The molecule has 17 heavy (non-hydrogen) atoms. The number of halogens is 1. The molecule has 0 unspecified atom stereocenters. The molecule has 4 heteroatoms. The molecule has 0 saturated heterocycles. The van der Waals surface area contributed by atoms with Crippen LogP contribution in [0.2, 0.25) is 5.02 Å². The highest BCUT2D eigenvalue weighted by Crippen LogP contribution is 2.20. The SMILES string of the molecule is CC(C)CCCn1c(=S)[nH]c2ccc(Cl)cc21. The maximum atomic E-state index is 6.02. The Morgan fingerprint density at radius 3 is 2.88 bits per heavy atom. The average Bonchev–Trinajstić information content (AvgIpc) is 2.55. The van der Waals surface area contributed by atoms with Gasteiger partial charge in [-0.25, -0.2) is 0 Å². The van der Waals surface area contributed by atoms with Gasteiger partial charge in [-0.3, -0.25) is 0 Å². The molecular formula is C13H17ClN2S. The topological polar surface area (TPSA) is 20.7 Å². The monoisotopic (exact) mass is 268 g/mol. The van der Waals surface area contributed by atoms with E-state index in [-0.39, 0.29) is 0 Å². The normalized spacial score (nSPS) is 11.5. The van der Waals surface area contributed by atoms with E-state index in [9.17, 15) is 0 Å². The van der Waals surface area contributed by atoms with E-state index in [0.29, 0.717) is 0 Å². The Morgan fingerprint density at radius 2 is 2.18 bits per heavy atom. The third kappa shape index (κ3) is 2.90. The van der Waals surface area contributed by atoms with E-state index in [2.05, 4.69) is 23.4 Å². The largest absolute Gasteiger partial charge is 0.331 e. The number of hydrogen-bond donors (Lipinski definition) is 1. The first-order valence-electron chi connectivity index (χ1n) is 5.96. The van der Waals surface area contributed by atoms with Gasteiger partial charge in [0.25, 0.3) is 0 Å². The van der Waals surface area contributed by atoms with Crippen molar-refractivity contribution in [1.29, 1.82) is 0 Å². The van der Waals surface area contributed by atoms with Crippen LogP contribution in [0.5, 0.6) is 0 Å². The van der Waals surface area contributed by atoms with E-state index in [4.69, 9.17) is 23.8 Å². The Hall–Kier alpha value is -0.800.